The molecule has 1 fully saturated rings. The van der Waals surface area contributed by atoms with Gasteiger partial charge in [0.2, 0.25) is 0 Å². The first-order chi connectivity index (χ1) is 14.6. The van der Waals surface area contributed by atoms with Gasteiger partial charge < -0.3 is 24.8 Å². The molecule has 0 aliphatic carbocycles. The van der Waals surface area contributed by atoms with E-state index in [4.69, 9.17) is 4.74 Å². The number of nitrogens with zero attached hydrogens (tertiary/aromatic N) is 2. The molecule has 160 valence electrons. The van der Waals surface area contributed by atoms with Crippen molar-refractivity contribution in [3.8, 4) is 5.75 Å². The number of amides is 2. The molecule has 1 saturated heterocycles. The van der Waals surface area contributed by atoms with E-state index >= 15 is 0 Å². The van der Waals surface area contributed by atoms with Gasteiger partial charge in [-0.15, -0.1) is 0 Å². The molecule has 2 aromatic carbocycles. The van der Waals surface area contributed by atoms with Gasteiger partial charge in [0, 0.05) is 31.9 Å². The summed E-state index contributed by atoms with van der Waals surface area (Å²) in [4.78, 5) is 30.4. The number of para-hydroxylation sites is 3. The summed E-state index contributed by atoms with van der Waals surface area (Å²) >= 11 is 0. The van der Waals surface area contributed by atoms with E-state index in [2.05, 4.69) is 22.3 Å². The molecule has 7 nitrogen and oxygen atoms in total. The van der Waals surface area contributed by atoms with E-state index in [1.54, 1.807) is 19.2 Å². The molecule has 0 bridgehead atoms. The van der Waals surface area contributed by atoms with E-state index in [0.29, 0.717) is 37.6 Å². The van der Waals surface area contributed by atoms with Crippen LogP contribution in [-0.4, -0.2) is 69.6 Å². The number of ether oxygens (including phenoxy) is 1. The van der Waals surface area contributed by atoms with Crippen molar-refractivity contribution in [1.82, 2.24) is 4.90 Å². The van der Waals surface area contributed by atoms with Crippen LogP contribution in [-0.2, 0) is 9.59 Å². The molecule has 2 amide bonds. The van der Waals surface area contributed by atoms with Crippen LogP contribution in [0.5, 0.6) is 5.75 Å². The van der Waals surface area contributed by atoms with Crippen molar-refractivity contribution >= 4 is 23.2 Å². The van der Waals surface area contributed by atoms with E-state index in [1.165, 1.54) is 5.69 Å². The Bertz CT molecular complexity index is 835. The first-order valence-electron chi connectivity index (χ1n) is 10.4. The van der Waals surface area contributed by atoms with Gasteiger partial charge in [-0.3, -0.25) is 9.59 Å². The van der Waals surface area contributed by atoms with Gasteiger partial charge >= 0.3 is 0 Å². The Balaban J connectivity index is 1.48. The lowest BCUT2D eigenvalue weighted by Crippen LogP contribution is -3.14. The van der Waals surface area contributed by atoms with Crippen LogP contribution in [0.4, 0.5) is 11.4 Å². The van der Waals surface area contributed by atoms with Crippen molar-refractivity contribution in [2.24, 2.45) is 0 Å². The molecule has 1 unspecified atom stereocenters. The fraction of sp³-hybridized carbons (Fsp3) is 0.391. The number of piperazine rings is 1. The summed E-state index contributed by atoms with van der Waals surface area (Å²) < 4.78 is 5.28. The number of benzene rings is 2. The Hall–Kier alpha value is -3.06. The first kappa shape index (κ1) is 21.6. The van der Waals surface area contributed by atoms with Gasteiger partial charge in [-0.05, 0) is 31.2 Å². The summed E-state index contributed by atoms with van der Waals surface area (Å²) in [7, 11) is 1.57. The van der Waals surface area contributed by atoms with Gasteiger partial charge in [0.1, 0.15) is 5.75 Å². The fourth-order valence-electron chi connectivity index (χ4n) is 3.66. The smallest absolute Gasteiger partial charge is 0.279 e. The number of nitrogens with one attached hydrogen (secondary N) is 2. The second kappa shape index (κ2) is 10.6. The molecule has 30 heavy (non-hydrogen) atoms. The maximum Gasteiger partial charge on any atom is 0.279 e. The van der Waals surface area contributed by atoms with E-state index < -0.39 is 0 Å². The van der Waals surface area contributed by atoms with Gasteiger partial charge in [-0.1, -0.05) is 30.3 Å². The Morgan fingerprint density at radius 2 is 1.63 bits per heavy atom. The van der Waals surface area contributed by atoms with Gasteiger partial charge in [-0.25, -0.2) is 0 Å². The van der Waals surface area contributed by atoms with Crippen molar-refractivity contribution in [3.63, 3.8) is 0 Å². The highest BCUT2D eigenvalue weighted by molar-refractivity contribution is 5.93. The summed E-state index contributed by atoms with van der Waals surface area (Å²) in [5.41, 5.74) is 1.84. The molecule has 1 heterocycles. The number of carbonyl (C=O) groups excluding carboxylic acids is 2. The summed E-state index contributed by atoms with van der Waals surface area (Å²) in [6.07, 6.45) is 0. The molecular weight excluding hydrogens is 380 g/mol. The van der Waals surface area contributed by atoms with Gasteiger partial charge in [0.05, 0.1) is 19.3 Å². The Labute approximate surface area is 178 Å². The topological polar surface area (TPSA) is 66.3 Å². The molecule has 7 heteroatoms. The largest absolute Gasteiger partial charge is 0.495 e. The molecule has 0 aromatic heterocycles. The summed E-state index contributed by atoms with van der Waals surface area (Å²) in [5, 5.41) is 2.89. The van der Waals surface area contributed by atoms with Crippen LogP contribution in [0.1, 0.15) is 6.92 Å². The summed E-state index contributed by atoms with van der Waals surface area (Å²) in [6.45, 7) is 6.32. The van der Waals surface area contributed by atoms with Crippen LogP contribution in [0.3, 0.4) is 0 Å². The lowest BCUT2D eigenvalue weighted by molar-refractivity contribution is -0.882. The van der Waals surface area contributed by atoms with Crippen molar-refractivity contribution in [3.05, 3.63) is 54.6 Å². The average Bonchev–Trinajstić information content (AvgIpc) is 2.79. The Kier molecular flexibility index (Phi) is 7.68. The minimum atomic E-state index is -0.127. The minimum absolute atomic E-state index is 0.102. The number of hydrogen-bond donors (Lipinski definition) is 2. The number of anilines is 2. The molecule has 0 spiro atoms. The second-order valence-electron chi connectivity index (χ2n) is 7.41. The SMILES string of the molecule is CC[NH+](CC(=O)Nc1ccccc1OC)CC(=O)N1CCN(c2ccccc2)CC1. The average molecular weight is 412 g/mol. The van der Waals surface area contributed by atoms with Crippen LogP contribution in [0, 0.1) is 0 Å². The highest BCUT2D eigenvalue weighted by atomic mass is 16.5. The zero-order valence-corrected chi connectivity index (χ0v) is 17.8. The van der Waals surface area contributed by atoms with Crippen LogP contribution in [0.25, 0.3) is 0 Å². The van der Waals surface area contributed by atoms with E-state index in [1.807, 2.05) is 42.2 Å². The van der Waals surface area contributed by atoms with E-state index in [9.17, 15) is 9.59 Å². The Morgan fingerprint density at radius 3 is 2.30 bits per heavy atom. The Morgan fingerprint density at radius 1 is 0.967 bits per heavy atom. The minimum Gasteiger partial charge on any atom is -0.495 e. The summed E-state index contributed by atoms with van der Waals surface area (Å²) in [6, 6.07) is 17.6. The van der Waals surface area contributed by atoms with E-state index in [0.717, 1.165) is 18.0 Å². The molecule has 2 N–H and O–H groups in total. The number of quaternary nitrogens is 1. The third-order valence-electron chi connectivity index (χ3n) is 5.45. The second-order valence-corrected chi connectivity index (χ2v) is 7.41. The molecule has 0 radical (unpaired) electrons. The maximum absolute atomic E-state index is 12.8. The highest BCUT2D eigenvalue weighted by Gasteiger charge is 2.25. The fourth-order valence-corrected chi connectivity index (χ4v) is 3.66. The third kappa shape index (κ3) is 5.73. The van der Waals surface area contributed by atoms with Crippen LogP contribution < -0.4 is 19.9 Å². The lowest BCUT2D eigenvalue weighted by Gasteiger charge is -2.36. The van der Waals surface area contributed by atoms with Crippen molar-refractivity contribution in [1.29, 1.82) is 0 Å². The zero-order chi connectivity index (χ0) is 21.3. The monoisotopic (exact) mass is 411 g/mol. The molecule has 2 aromatic rings. The van der Waals surface area contributed by atoms with Crippen molar-refractivity contribution < 1.29 is 19.2 Å². The molecular formula is C23H31N4O3+. The van der Waals surface area contributed by atoms with Gasteiger partial charge in [0.15, 0.2) is 13.1 Å². The zero-order valence-electron chi connectivity index (χ0n) is 17.8. The van der Waals surface area contributed by atoms with Crippen molar-refractivity contribution in [2.75, 3.05) is 63.1 Å². The standard InChI is InChI=1S/C23H30N4O3/c1-3-25(17-22(28)24-20-11-7-8-12-21(20)30-2)18-23(29)27-15-13-26(14-16-27)19-9-5-4-6-10-19/h4-12H,3,13-18H2,1-2H3,(H,24,28)/p+1. The number of methoxy groups -OCH3 is 1. The number of rotatable bonds is 8. The van der Waals surface area contributed by atoms with Crippen LogP contribution >= 0.6 is 0 Å². The first-order valence-corrected chi connectivity index (χ1v) is 10.4. The van der Waals surface area contributed by atoms with Gasteiger partial charge in [-0.2, -0.15) is 0 Å². The predicted octanol–water partition coefficient (Wildman–Crippen LogP) is 0.887. The molecule has 1 atom stereocenters. The maximum atomic E-state index is 12.8. The van der Waals surface area contributed by atoms with Crippen molar-refractivity contribution in [2.45, 2.75) is 6.92 Å². The van der Waals surface area contributed by atoms with Crippen LogP contribution in [0.2, 0.25) is 0 Å². The third-order valence-corrected chi connectivity index (χ3v) is 5.45. The highest BCUT2D eigenvalue weighted by Crippen LogP contribution is 2.22. The van der Waals surface area contributed by atoms with E-state index in [-0.39, 0.29) is 18.4 Å². The van der Waals surface area contributed by atoms with Gasteiger partial charge in [0.25, 0.3) is 11.8 Å². The lowest BCUT2D eigenvalue weighted by atomic mass is 10.2. The van der Waals surface area contributed by atoms with Crippen LogP contribution in [0.15, 0.2) is 54.6 Å². The number of carbonyl (C=O) groups is 2. The molecule has 1 aliphatic heterocycles. The number of hydrogen-bond acceptors (Lipinski definition) is 4. The number of likely N-dealkylation sites (N-methyl/N-ethyl adjacent to an activating group) is 1. The quantitative estimate of drug-likeness (QED) is 0.677. The summed E-state index contributed by atoms with van der Waals surface area (Å²) in [5.74, 6) is 0.596. The molecule has 1 aliphatic rings. The molecule has 3 rings (SSSR count). The normalized spacial score (nSPS) is 14.9. The molecule has 0 saturated carbocycles. The predicted molar refractivity (Wildman–Crippen MR) is 118 cm³/mol.